The van der Waals surface area contributed by atoms with E-state index in [1.54, 1.807) is 30.1 Å². The minimum Gasteiger partial charge on any atom is -0.507 e. The Bertz CT molecular complexity index is 622. The maximum Gasteiger partial charge on any atom is 0.164 e. The molecule has 1 aromatic heterocycles. The highest BCUT2D eigenvalue weighted by Crippen LogP contribution is 2.41. The number of ether oxygens (including phenoxy) is 2. The van der Waals surface area contributed by atoms with Gasteiger partial charge >= 0.3 is 0 Å². The Balaban J connectivity index is 2.12. The van der Waals surface area contributed by atoms with E-state index in [9.17, 15) is 5.11 Å². The van der Waals surface area contributed by atoms with E-state index >= 15 is 0 Å². The van der Waals surface area contributed by atoms with Crippen LogP contribution in [0.1, 0.15) is 6.42 Å². The summed E-state index contributed by atoms with van der Waals surface area (Å²) in [6.45, 7) is 1.18. The van der Waals surface area contributed by atoms with E-state index in [2.05, 4.69) is 5.10 Å². The average Bonchev–Trinajstić information content (AvgIpc) is 2.62. The molecule has 1 aromatic carbocycles. The van der Waals surface area contributed by atoms with Crippen LogP contribution < -0.4 is 15.2 Å². The maximum absolute atomic E-state index is 10.1. The van der Waals surface area contributed by atoms with Crippen LogP contribution in [0.4, 0.5) is 5.82 Å². The Hall–Kier alpha value is -2.37. The molecule has 0 atom stereocenters. The van der Waals surface area contributed by atoms with E-state index in [0.717, 1.165) is 6.42 Å². The molecular formula is C13H15N3O3. The van der Waals surface area contributed by atoms with Gasteiger partial charge in [-0.2, -0.15) is 5.10 Å². The molecule has 0 fully saturated rings. The lowest BCUT2D eigenvalue weighted by Gasteiger charge is -2.11. The third kappa shape index (κ3) is 1.95. The number of hydrogen-bond donors (Lipinski definition) is 2. The Morgan fingerprint density at radius 3 is 2.53 bits per heavy atom. The number of nitrogens with zero attached hydrogens (tertiary/aromatic N) is 2. The molecule has 0 aliphatic carbocycles. The van der Waals surface area contributed by atoms with E-state index in [1.165, 1.54) is 0 Å². The van der Waals surface area contributed by atoms with Crippen molar-refractivity contribution in [2.75, 3.05) is 18.9 Å². The van der Waals surface area contributed by atoms with E-state index < -0.39 is 0 Å². The lowest BCUT2D eigenvalue weighted by Crippen LogP contribution is -1.98. The van der Waals surface area contributed by atoms with Gasteiger partial charge in [0.1, 0.15) is 11.6 Å². The molecule has 6 nitrogen and oxygen atoms in total. The summed E-state index contributed by atoms with van der Waals surface area (Å²) >= 11 is 0. The van der Waals surface area contributed by atoms with Crippen molar-refractivity contribution in [3.05, 3.63) is 18.3 Å². The highest BCUT2D eigenvalue weighted by molar-refractivity contribution is 5.80. The number of rotatable bonds is 1. The van der Waals surface area contributed by atoms with E-state index in [1.807, 2.05) is 0 Å². The van der Waals surface area contributed by atoms with Crippen LogP contribution in [0.15, 0.2) is 18.3 Å². The molecular weight excluding hydrogens is 246 g/mol. The molecule has 0 radical (unpaired) electrons. The number of hydrogen-bond acceptors (Lipinski definition) is 5. The molecule has 100 valence electrons. The van der Waals surface area contributed by atoms with Gasteiger partial charge in [0, 0.05) is 30.7 Å². The number of aromatic hydroxyl groups is 1. The van der Waals surface area contributed by atoms with Crippen molar-refractivity contribution in [2.45, 2.75) is 6.42 Å². The van der Waals surface area contributed by atoms with Crippen LogP contribution in [0.3, 0.4) is 0 Å². The number of phenols is 1. The lowest BCUT2D eigenvalue weighted by molar-refractivity contribution is 0.296. The highest BCUT2D eigenvalue weighted by atomic mass is 16.5. The third-order valence-corrected chi connectivity index (χ3v) is 3.14. The van der Waals surface area contributed by atoms with Crippen LogP contribution >= 0.6 is 0 Å². The van der Waals surface area contributed by atoms with E-state index in [-0.39, 0.29) is 5.75 Å². The fraction of sp³-hybridized carbons (Fsp3) is 0.308. The Morgan fingerprint density at radius 2 is 1.89 bits per heavy atom. The Morgan fingerprint density at radius 1 is 1.21 bits per heavy atom. The van der Waals surface area contributed by atoms with Gasteiger partial charge in [0.2, 0.25) is 0 Å². The normalized spacial score (nSPS) is 14.2. The largest absolute Gasteiger partial charge is 0.507 e. The summed E-state index contributed by atoms with van der Waals surface area (Å²) in [7, 11) is 1.75. The second-order valence-corrected chi connectivity index (χ2v) is 4.43. The summed E-state index contributed by atoms with van der Waals surface area (Å²) in [6.07, 6.45) is 2.44. The van der Waals surface area contributed by atoms with Crippen molar-refractivity contribution in [3.63, 3.8) is 0 Å². The van der Waals surface area contributed by atoms with Gasteiger partial charge < -0.3 is 20.3 Å². The first-order valence-electron chi connectivity index (χ1n) is 6.07. The molecule has 2 heterocycles. The zero-order valence-corrected chi connectivity index (χ0v) is 10.6. The van der Waals surface area contributed by atoms with Crippen LogP contribution in [0.25, 0.3) is 11.1 Å². The fourth-order valence-electron chi connectivity index (χ4n) is 2.07. The van der Waals surface area contributed by atoms with Crippen molar-refractivity contribution in [1.29, 1.82) is 0 Å². The summed E-state index contributed by atoms with van der Waals surface area (Å²) in [4.78, 5) is 0. The number of nitrogen functional groups attached to an aromatic ring is 1. The van der Waals surface area contributed by atoms with E-state index in [4.69, 9.17) is 15.2 Å². The summed E-state index contributed by atoms with van der Waals surface area (Å²) in [5.74, 6) is 1.77. The average molecular weight is 261 g/mol. The van der Waals surface area contributed by atoms with Crippen molar-refractivity contribution in [1.82, 2.24) is 9.78 Å². The quantitative estimate of drug-likeness (QED) is 0.813. The number of benzene rings is 1. The molecule has 0 bridgehead atoms. The predicted molar refractivity (Wildman–Crippen MR) is 70.3 cm³/mol. The molecule has 0 unspecified atom stereocenters. The first-order chi connectivity index (χ1) is 9.16. The van der Waals surface area contributed by atoms with Crippen LogP contribution in [0.2, 0.25) is 0 Å². The summed E-state index contributed by atoms with van der Waals surface area (Å²) < 4.78 is 12.7. The second kappa shape index (κ2) is 4.38. The topological polar surface area (TPSA) is 82.5 Å². The predicted octanol–water partition coefficient (Wildman–Crippen LogP) is 1.54. The number of anilines is 1. The molecule has 3 N–H and O–H groups in total. The number of aromatic nitrogens is 2. The number of fused-ring (bicyclic) bond motifs is 1. The smallest absolute Gasteiger partial charge is 0.164 e. The molecule has 0 saturated carbocycles. The third-order valence-electron chi connectivity index (χ3n) is 3.14. The minimum atomic E-state index is 0.101. The van der Waals surface area contributed by atoms with E-state index in [0.29, 0.717) is 41.7 Å². The van der Waals surface area contributed by atoms with Gasteiger partial charge in [0.25, 0.3) is 0 Å². The number of phenolic OH excluding ortho intramolecular Hbond substituents is 1. The Kier molecular flexibility index (Phi) is 2.70. The molecule has 0 spiro atoms. The summed E-state index contributed by atoms with van der Waals surface area (Å²) in [5, 5.41) is 14.2. The molecule has 3 rings (SSSR count). The summed E-state index contributed by atoms with van der Waals surface area (Å²) in [6, 6.07) is 3.30. The monoisotopic (exact) mass is 261 g/mol. The number of aryl methyl sites for hydroxylation is 1. The van der Waals surface area contributed by atoms with Crippen molar-refractivity contribution < 1.29 is 14.6 Å². The van der Waals surface area contributed by atoms with Crippen LogP contribution in [0, 0.1) is 0 Å². The first-order valence-corrected chi connectivity index (χ1v) is 6.07. The summed E-state index contributed by atoms with van der Waals surface area (Å²) in [5.41, 5.74) is 7.20. The zero-order valence-electron chi connectivity index (χ0n) is 10.6. The van der Waals surface area contributed by atoms with Crippen LogP contribution in [-0.4, -0.2) is 28.1 Å². The van der Waals surface area contributed by atoms with Gasteiger partial charge in [0.15, 0.2) is 11.5 Å². The van der Waals surface area contributed by atoms with Crippen molar-refractivity contribution >= 4 is 5.82 Å². The second-order valence-electron chi connectivity index (χ2n) is 4.43. The number of nitrogens with two attached hydrogens (primary N) is 1. The van der Waals surface area contributed by atoms with Crippen LogP contribution in [-0.2, 0) is 7.05 Å². The van der Waals surface area contributed by atoms with Gasteiger partial charge in [0.05, 0.1) is 19.4 Å². The molecule has 2 aromatic rings. The molecule has 0 saturated heterocycles. The van der Waals surface area contributed by atoms with Crippen molar-refractivity contribution in [2.24, 2.45) is 7.05 Å². The highest BCUT2D eigenvalue weighted by Gasteiger charge is 2.18. The molecule has 6 heteroatoms. The lowest BCUT2D eigenvalue weighted by atomic mass is 10.1. The molecule has 1 aliphatic heterocycles. The van der Waals surface area contributed by atoms with Crippen molar-refractivity contribution in [3.8, 4) is 28.4 Å². The minimum absolute atomic E-state index is 0.101. The first kappa shape index (κ1) is 11.7. The zero-order chi connectivity index (χ0) is 13.4. The van der Waals surface area contributed by atoms with Gasteiger partial charge in [-0.25, -0.2) is 0 Å². The Labute approximate surface area is 110 Å². The fourth-order valence-corrected chi connectivity index (χ4v) is 2.07. The van der Waals surface area contributed by atoms with Gasteiger partial charge in [-0.15, -0.1) is 0 Å². The molecule has 19 heavy (non-hydrogen) atoms. The SMILES string of the molecule is Cn1ncc(-c2cc3c(cc2O)OCCCO3)c1N. The maximum atomic E-state index is 10.1. The van der Waals surface area contributed by atoms with Gasteiger partial charge in [-0.05, 0) is 6.07 Å². The van der Waals surface area contributed by atoms with Gasteiger partial charge in [-0.1, -0.05) is 0 Å². The van der Waals surface area contributed by atoms with Gasteiger partial charge in [-0.3, -0.25) is 4.68 Å². The van der Waals surface area contributed by atoms with Crippen LogP contribution in [0.5, 0.6) is 17.2 Å². The molecule has 1 aliphatic rings. The molecule has 0 amide bonds. The standard InChI is InChI=1S/C13H15N3O3/c1-16-13(14)9(7-15-16)8-5-11-12(6-10(8)17)19-4-2-3-18-11/h5-7,17H,2-4,14H2,1H3.